The van der Waals surface area contributed by atoms with Gasteiger partial charge in [0.1, 0.15) is 0 Å². The Bertz CT molecular complexity index is 5020. The molecular formula is C75H43K10N7O2S6. The monoisotopic (exact) mass is 1650 g/mol. The molecule has 11 aromatic carbocycles. The van der Waals surface area contributed by atoms with Crippen LogP contribution in [0.25, 0.3) is 125 Å². The van der Waals surface area contributed by atoms with Crippen molar-refractivity contribution < 1.29 is 519 Å². The van der Waals surface area contributed by atoms with Gasteiger partial charge in [-0.15, -0.1) is 33.1 Å². The van der Waals surface area contributed by atoms with E-state index in [0.29, 0.717) is 0 Å². The van der Waals surface area contributed by atoms with Crippen LogP contribution in [0.2, 0.25) is 0 Å². The number of hydrogen-bond acceptors (Lipinski definition) is 14. The minimum Gasteiger partial charge on any atom is -0.334 e. The van der Waals surface area contributed by atoms with Crippen molar-refractivity contribution in [2.45, 2.75) is 20.8 Å². The Morgan fingerprint density at radius 2 is 0.560 bits per heavy atom. The van der Waals surface area contributed by atoms with Gasteiger partial charge in [0.25, 0.3) is 5.69 Å². The smallest absolute Gasteiger partial charge is 0.334 e. The van der Waals surface area contributed by atoms with Gasteiger partial charge in [-0.1, -0.05) is 132 Å². The van der Waals surface area contributed by atoms with Crippen LogP contribution in [0.3, 0.4) is 0 Å². The second-order valence-electron chi connectivity index (χ2n) is 20.0. The first kappa shape index (κ1) is 101. The van der Waals surface area contributed by atoms with E-state index < -0.39 is 4.92 Å². The van der Waals surface area contributed by atoms with E-state index in [-0.39, 0.29) is 520 Å². The molecule has 0 spiro atoms. The summed E-state index contributed by atoms with van der Waals surface area (Å²) in [5, 5.41) is 16.5. The summed E-state index contributed by atoms with van der Waals surface area (Å²) >= 11 is 9.75. The summed E-state index contributed by atoms with van der Waals surface area (Å²) in [6, 6.07) is 98.7. The largest absolute Gasteiger partial charge is 1.00 e. The molecule has 0 aliphatic heterocycles. The van der Waals surface area contributed by atoms with Crippen molar-refractivity contribution in [3.8, 4) is 64.0 Å². The average Bonchev–Trinajstić information content (AvgIpc) is 1.62. The van der Waals surface area contributed by atoms with Crippen LogP contribution in [0.4, 0.5) is 5.69 Å². The zero-order chi connectivity index (χ0) is 61.3. The summed E-state index contributed by atoms with van der Waals surface area (Å²) in [5.74, 6) is 0. The number of non-ortho nitro benzene ring substituents is 1. The molecule has 0 N–H and O–H groups in total. The van der Waals surface area contributed by atoms with Crippen molar-refractivity contribution in [2.24, 2.45) is 0 Å². The van der Waals surface area contributed by atoms with E-state index in [0.717, 1.165) is 114 Å². The topological polar surface area (TPSA) is 120 Å². The third kappa shape index (κ3) is 28.4. The number of rotatable bonds is 7. The minimum atomic E-state index is -0.413. The van der Waals surface area contributed by atoms with Gasteiger partial charge in [-0.25, -0.2) is 68.0 Å². The standard InChI is InChI=1S/C20H10N2S2.C19H11NS.C15H11NS.C13H6N2O2S.C8H5NS.10K/c1-3-7-13(8-4-1)19-21-15-11-18-16(12-17(15)23-19)22-20(24-18)14-9-5-2-6-10-14;1-2-6-14(7-3-1)15-10-12-16(13-11-15)19-20-17-8-4-5-9-18(17)21-19;1-10-7-11(2)9-12(8-10)15-16-13-5-3-4-6-14(13)17-15;16-15(17)10-7-5-9(6-8-10)13-14-11-3-1-2-4-12(11)18-13;1-6-9-7-4-2-3-5-8(7)10-6;;;;;;;;;;/h1-10H;1-7,10-13H;3-4,7-9H,1-2H3;1-2,5-8H;2-3H,1H3;;;;;;;;;;/q5*-2;10*+1. The maximum Gasteiger partial charge on any atom is 1.00 e. The molecule has 9 nitrogen and oxygen atoms in total. The third-order valence-electron chi connectivity index (χ3n) is 13.5. The van der Waals surface area contributed by atoms with E-state index in [1.807, 2.05) is 85.8 Å². The van der Waals surface area contributed by atoms with Gasteiger partial charge >= 0.3 is 514 Å². The van der Waals surface area contributed by atoms with Gasteiger partial charge in [-0.2, -0.15) is 28.2 Å². The normalized spacial score (nSPS) is 9.83. The Kier molecular flexibility index (Phi) is 51.9. The van der Waals surface area contributed by atoms with Crippen LogP contribution >= 0.6 is 68.0 Å². The van der Waals surface area contributed by atoms with Gasteiger partial charge in [0.2, 0.25) is 0 Å². The van der Waals surface area contributed by atoms with E-state index in [1.54, 1.807) is 80.9 Å². The van der Waals surface area contributed by atoms with Crippen molar-refractivity contribution in [2.75, 3.05) is 0 Å². The molecule has 17 rings (SSSR count). The zero-order valence-corrected chi connectivity index (χ0v) is 94.2. The molecule has 6 aromatic heterocycles. The van der Waals surface area contributed by atoms with E-state index in [1.165, 1.54) is 51.3 Å². The van der Waals surface area contributed by atoms with Crippen molar-refractivity contribution >= 4 is 135 Å². The average molecular weight is 1660 g/mol. The van der Waals surface area contributed by atoms with Crippen molar-refractivity contribution in [3.63, 3.8) is 0 Å². The maximum absolute atomic E-state index is 10.6. The second kappa shape index (κ2) is 51.6. The van der Waals surface area contributed by atoms with E-state index >= 15 is 0 Å². The number of aromatic nitrogens is 6. The van der Waals surface area contributed by atoms with Gasteiger partial charge in [-0.3, -0.25) is 119 Å². The molecule has 17 aromatic rings. The first-order valence-electron chi connectivity index (χ1n) is 28.0. The third-order valence-corrected chi connectivity index (χ3v) is 19.5. The molecule has 0 aliphatic rings. The Balaban J connectivity index is 0.000000323. The molecule has 0 amide bonds. The molecule has 436 valence electrons. The number of fused-ring (bicyclic) bond motifs is 6. The van der Waals surface area contributed by atoms with Gasteiger partial charge in [0, 0.05) is 39.9 Å². The number of aryl methyl sites for hydroxylation is 3. The first-order valence-corrected chi connectivity index (χ1v) is 32.9. The first-order chi connectivity index (χ1) is 44.1. The van der Waals surface area contributed by atoms with E-state index in [4.69, 9.17) is 9.97 Å². The molecule has 0 unspecified atom stereocenters. The zero-order valence-electron chi connectivity index (χ0n) is 58.0. The van der Waals surface area contributed by atoms with Crippen LogP contribution < -0.4 is 514 Å². The molecule has 6 heterocycles. The number of thiazole rings is 6. The molecule has 0 aliphatic carbocycles. The predicted octanol–water partition coefficient (Wildman–Crippen LogP) is -9.03. The van der Waals surface area contributed by atoms with Crippen LogP contribution in [-0.4, -0.2) is 34.8 Å². The Morgan fingerprint density at radius 3 is 0.910 bits per heavy atom. The summed E-state index contributed by atoms with van der Waals surface area (Å²) in [6.45, 7) is 6.22. The van der Waals surface area contributed by atoms with Crippen LogP contribution in [0.15, 0.2) is 206 Å². The minimum absolute atomic E-state index is 0. The fraction of sp³-hybridized carbons (Fsp3) is 0.0400. The molecule has 0 fully saturated rings. The molecule has 0 bridgehead atoms. The van der Waals surface area contributed by atoms with Crippen molar-refractivity contribution in [3.05, 3.63) is 293 Å². The number of benzene rings is 11. The van der Waals surface area contributed by atoms with Crippen LogP contribution in [0.5, 0.6) is 0 Å². The van der Waals surface area contributed by atoms with Crippen molar-refractivity contribution in [1.29, 1.82) is 0 Å². The van der Waals surface area contributed by atoms with Gasteiger partial charge < -0.3 is 29.9 Å². The fourth-order valence-corrected chi connectivity index (χ4v) is 14.7. The van der Waals surface area contributed by atoms with E-state index in [2.05, 4.69) is 185 Å². The summed E-state index contributed by atoms with van der Waals surface area (Å²) in [6.07, 6.45) is 0. The summed E-state index contributed by atoms with van der Waals surface area (Å²) in [5.41, 5.74) is 15.8. The fourth-order valence-electron chi connectivity index (χ4n) is 9.35. The Labute approximate surface area is 1030 Å². The molecule has 25 heteroatoms. The van der Waals surface area contributed by atoms with Gasteiger partial charge in [0.05, 0.1) is 35.0 Å². The quantitative estimate of drug-likeness (QED) is 0.0670. The Morgan fingerprint density at radius 1 is 0.290 bits per heavy atom. The Hall–Kier alpha value is 6.52. The number of nitrogens with zero attached hydrogens (tertiary/aromatic N) is 7. The SMILES string of the molecule is Cc1cc(C)cc(-c2nc3[c-]cc[c-]c3s2)c1.Cc1nc2[c-]cc[c-]c2s1.O=[N+]([O-])c1ccc(-c2nc3[c-]cc[c-]c3s2)cc1.[K+].[K+].[K+].[K+].[K+].[K+].[K+].[K+].[K+].[K+].[c-]1c2nc(-c3ccccc3)sc2[c-]c2nc(-c3ccccc3)sc12.[c-]1cc[c-]c2sc(-c3ccc(-c4ccccc4)cc3)nc12. The molecule has 0 saturated heterocycles. The summed E-state index contributed by atoms with van der Waals surface area (Å²) < 4.78 is 6.17. The molecule has 0 radical (unpaired) electrons. The summed E-state index contributed by atoms with van der Waals surface area (Å²) in [4.78, 5) is 37.5. The maximum atomic E-state index is 10.6. The molecular weight excluding hydrogens is 1610 g/mol. The molecule has 0 atom stereocenters. The van der Waals surface area contributed by atoms with Gasteiger partial charge in [0.15, 0.2) is 0 Å². The van der Waals surface area contributed by atoms with Crippen LogP contribution in [0, 0.1) is 91.5 Å². The van der Waals surface area contributed by atoms with Crippen LogP contribution in [-0.2, 0) is 0 Å². The number of hydrogen-bond donors (Lipinski definition) is 0. The summed E-state index contributed by atoms with van der Waals surface area (Å²) in [7, 11) is 0. The van der Waals surface area contributed by atoms with Crippen LogP contribution in [0.1, 0.15) is 16.1 Å². The van der Waals surface area contributed by atoms with Crippen molar-refractivity contribution in [1.82, 2.24) is 29.9 Å². The van der Waals surface area contributed by atoms with Gasteiger partial charge in [-0.05, 0) is 56.2 Å². The predicted molar refractivity (Wildman–Crippen MR) is 373 cm³/mol. The molecule has 0 saturated carbocycles. The van der Waals surface area contributed by atoms with E-state index in [9.17, 15) is 10.1 Å². The number of nitro groups is 1. The second-order valence-corrected chi connectivity index (χ2v) is 26.2. The molecule has 100 heavy (non-hydrogen) atoms. The number of nitro benzene ring substituents is 1.